The summed E-state index contributed by atoms with van der Waals surface area (Å²) in [6, 6.07) is 19.2. The molecule has 1 aromatic carbocycles. The first-order valence-electron chi connectivity index (χ1n) is 16.0. The number of sulfonamides is 1. The third-order valence-corrected chi connectivity index (χ3v) is 10.4. The largest absolute Gasteiger partial charge is 0.362 e. The van der Waals surface area contributed by atoms with Gasteiger partial charge in [-0.3, -0.25) is 9.78 Å². The zero-order valence-corrected chi connectivity index (χ0v) is 28.2. The molecule has 1 amide bonds. The molecule has 4 aromatic rings. The van der Waals surface area contributed by atoms with Crippen molar-refractivity contribution in [3.63, 3.8) is 0 Å². The lowest BCUT2D eigenvalue weighted by molar-refractivity contribution is 0.0981. The summed E-state index contributed by atoms with van der Waals surface area (Å²) in [6.07, 6.45) is 4.26. The van der Waals surface area contributed by atoms with Crippen molar-refractivity contribution in [2.24, 2.45) is 5.92 Å². The number of nitrogens with one attached hydrogen (secondary N) is 2. The highest BCUT2D eigenvalue weighted by Gasteiger charge is 2.41. The second-order valence-corrected chi connectivity index (χ2v) is 15.9. The summed E-state index contributed by atoms with van der Waals surface area (Å²) in [7, 11) is -4.41. The third-order valence-electron chi connectivity index (χ3n) is 9.14. The molecule has 11 heteroatoms. The molecule has 2 atom stereocenters. The highest BCUT2D eigenvalue weighted by atomic mass is 32.2. The maximum atomic E-state index is 15.7. The minimum absolute atomic E-state index is 0.000135. The first kappa shape index (κ1) is 32.6. The van der Waals surface area contributed by atoms with Gasteiger partial charge in [0.25, 0.3) is 15.9 Å². The van der Waals surface area contributed by atoms with Gasteiger partial charge in [-0.15, -0.1) is 0 Å². The summed E-state index contributed by atoms with van der Waals surface area (Å²) in [5.41, 5.74) is 2.44. The van der Waals surface area contributed by atoms with E-state index in [-0.39, 0.29) is 45.8 Å². The van der Waals surface area contributed by atoms with Crippen LogP contribution in [-0.2, 0) is 21.9 Å². The molecular formula is C36H41FN6O3S. The maximum absolute atomic E-state index is 15.7. The average Bonchev–Trinajstić information content (AvgIpc) is 3.33. The molecule has 0 aliphatic carbocycles. The Bertz CT molecular complexity index is 1910. The van der Waals surface area contributed by atoms with Crippen LogP contribution >= 0.6 is 0 Å². The van der Waals surface area contributed by atoms with Crippen molar-refractivity contribution in [3.8, 4) is 0 Å². The number of carbonyl (C=O) groups excluding carboxylic acids is 1. The average molecular weight is 657 g/mol. The van der Waals surface area contributed by atoms with Crippen LogP contribution in [0.3, 0.4) is 0 Å². The van der Waals surface area contributed by atoms with E-state index in [2.05, 4.69) is 46.8 Å². The molecule has 2 N–H and O–H groups in total. The maximum Gasteiger partial charge on any atom is 0.281 e. The van der Waals surface area contributed by atoms with Gasteiger partial charge in [-0.2, -0.15) is 12.8 Å². The zero-order chi connectivity index (χ0) is 33.6. The number of aromatic nitrogens is 3. The van der Waals surface area contributed by atoms with Crippen molar-refractivity contribution in [1.82, 2.24) is 19.7 Å². The van der Waals surface area contributed by atoms with Crippen LogP contribution in [0.4, 0.5) is 16.0 Å². The fourth-order valence-corrected chi connectivity index (χ4v) is 7.58. The van der Waals surface area contributed by atoms with Crippen LogP contribution in [0.25, 0.3) is 0 Å². The van der Waals surface area contributed by atoms with E-state index in [1.807, 2.05) is 55.1 Å². The molecule has 246 valence electrons. The summed E-state index contributed by atoms with van der Waals surface area (Å²) < 4.78 is 45.2. The quantitative estimate of drug-likeness (QED) is 0.238. The molecule has 4 bridgehead atoms. The van der Waals surface area contributed by atoms with Crippen LogP contribution < -0.4 is 14.9 Å². The molecule has 2 aliphatic heterocycles. The fraction of sp³-hybridized carbons (Fsp3) is 0.389. The molecule has 6 rings (SSSR count). The Morgan fingerprint density at radius 2 is 1.77 bits per heavy atom. The van der Waals surface area contributed by atoms with Crippen molar-refractivity contribution in [2.45, 2.75) is 82.3 Å². The Balaban J connectivity index is 1.44. The van der Waals surface area contributed by atoms with Crippen LogP contribution in [-0.4, -0.2) is 41.4 Å². The van der Waals surface area contributed by atoms with Crippen molar-refractivity contribution < 1.29 is 17.6 Å². The first-order chi connectivity index (χ1) is 22.2. The van der Waals surface area contributed by atoms with Gasteiger partial charge in [0, 0.05) is 30.3 Å². The molecular weight excluding hydrogens is 616 g/mol. The number of amides is 1. The lowest BCUT2D eigenvalue weighted by Gasteiger charge is -2.34. The van der Waals surface area contributed by atoms with Gasteiger partial charge in [0.1, 0.15) is 11.6 Å². The zero-order valence-electron chi connectivity index (χ0n) is 27.4. The minimum Gasteiger partial charge on any atom is -0.362 e. The van der Waals surface area contributed by atoms with Crippen molar-refractivity contribution >= 4 is 27.6 Å². The molecule has 2 aliphatic rings. The second-order valence-electron chi connectivity index (χ2n) is 14.3. The number of hydrogen-bond acceptors (Lipinski definition) is 8. The highest BCUT2D eigenvalue weighted by molar-refractivity contribution is 7.90. The third kappa shape index (κ3) is 7.00. The van der Waals surface area contributed by atoms with Crippen LogP contribution in [0.1, 0.15) is 92.7 Å². The SMILES string of the molecule is CC(C)(C)c1ccnc(C2CC[C@@H]3CN(c4nc(F)c(Cc5ccccc5)cc4C(=O)NS(=O)(=O)c4cccc(n4)N2)C(C)(C)C3)c1. The number of nitrogens with zero attached hydrogens (tertiary/aromatic N) is 4. The first-order valence-corrected chi connectivity index (χ1v) is 17.5. The van der Waals surface area contributed by atoms with Gasteiger partial charge in [0.2, 0.25) is 5.95 Å². The Kier molecular flexibility index (Phi) is 8.54. The van der Waals surface area contributed by atoms with Gasteiger partial charge in [-0.25, -0.2) is 14.7 Å². The molecule has 9 nitrogen and oxygen atoms in total. The van der Waals surface area contributed by atoms with E-state index in [0.29, 0.717) is 18.8 Å². The summed E-state index contributed by atoms with van der Waals surface area (Å²) in [4.78, 5) is 29.3. The summed E-state index contributed by atoms with van der Waals surface area (Å²) >= 11 is 0. The van der Waals surface area contributed by atoms with E-state index in [1.165, 1.54) is 12.1 Å². The topological polar surface area (TPSA) is 117 Å². The van der Waals surface area contributed by atoms with Gasteiger partial charge >= 0.3 is 0 Å². The van der Waals surface area contributed by atoms with E-state index in [0.717, 1.165) is 29.7 Å². The number of carbonyl (C=O) groups is 1. The van der Waals surface area contributed by atoms with Crippen LogP contribution in [0.5, 0.6) is 0 Å². The van der Waals surface area contributed by atoms with Gasteiger partial charge < -0.3 is 10.2 Å². The molecule has 0 saturated carbocycles. The fourth-order valence-electron chi connectivity index (χ4n) is 6.64. The van der Waals surface area contributed by atoms with E-state index in [1.54, 1.807) is 18.3 Å². The molecule has 1 fully saturated rings. The Labute approximate surface area is 276 Å². The second kappa shape index (κ2) is 12.3. The van der Waals surface area contributed by atoms with E-state index in [9.17, 15) is 13.2 Å². The number of anilines is 2. The number of benzene rings is 1. The van der Waals surface area contributed by atoms with Gasteiger partial charge in [-0.1, -0.05) is 57.2 Å². The molecule has 0 radical (unpaired) electrons. The predicted molar refractivity (Wildman–Crippen MR) is 180 cm³/mol. The van der Waals surface area contributed by atoms with E-state index >= 15 is 4.39 Å². The normalized spacial score (nSPS) is 20.7. The Morgan fingerprint density at radius 3 is 2.51 bits per heavy atom. The lowest BCUT2D eigenvalue weighted by Crippen LogP contribution is -2.41. The summed E-state index contributed by atoms with van der Waals surface area (Å²) in [6.45, 7) is 11.1. The monoisotopic (exact) mass is 656 g/mol. The Hall–Kier alpha value is -4.38. The summed E-state index contributed by atoms with van der Waals surface area (Å²) in [5, 5.41) is 3.12. The molecule has 3 aromatic heterocycles. The molecule has 1 unspecified atom stereocenters. The van der Waals surface area contributed by atoms with Crippen LogP contribution in [0.2, 0.25) is 0 Å². The smallest absolute Gasteiger partial charge is 0.281 e. The molecule has 0 spiro atoms. The molecule has 1 saturated heterocycles. The number of pyridine rings is 3. The molecule has 47 heavy (non-hydrogen) atoms. The standard InChI is InChI=1S/C36H41FN6O3S/c1-35(2,3)26-16-17-38-29(20-26)28-15-14-24-21-36(4,5)43(22-24)33-27(19-25(32(37)41-33)18-23-10-7-6-8-11-23)34(44)42-47(45,46)31-13-9-12-30(39-28)40-31/h6-13,16-17,19-20,24,28H,14-15,18,21-22H2,1-5H3,(H,39,40)(H,42,44)/t24-,28?/m0/s1. The lowest BCUT2D eigenvalue weighted by atomic mass is 9.86. The van der Waals surface area contributed by atoms with Crippen molar-refractivity contribution in [3.05, 3.63) is 107 Å². The minimum atomic E-state index is -4.41. The van der Waals surface area contributed by atoms with Gasteiger partial charge in [-0.05, 0) is 85.9 Å². The number of halogens is 1. The van der Waals surface area contributed by atoms with Gasteiger partial charge in [0.15, 0.2) is 5.03 Å². The Morgan fingerprint density at radius 1 is 1.00 bits per heavy atom. The number of rotatable bonds is 3. The van der Waals surface area contributed by atoms with Crippen molar-refractivity contribution in [1.29, 1.82) is 0 Å². The van der Waals surface area contributed by atoms with Crippen molar-refractivity contribution in [2.75, 3.05) is 16.8 Å². The highest BCUT2D eigenvalue weighted by Crippen LogP contribution is 2.41. The van der Waals surface area contributed by atoms with Crippen LogP contribution in [0.15, 0.2) is 78.0 Å². The van der Waals surface area contributed by atoms with E-state index in [4.69, 9.17) is 4.98 Å². The van der Waals surface area contributed by atoms with Gasteiger partial charge in [0.05, 0.1) is 17.3 Å². The van der Waals surface area contributed by atoms with E-state index < -0.39 is 27.4 Å². The summed E-state index contributed by atoms with van der Waals surface area (Å²) in [5.74, 6) is -0.907. The number of hydrogen-bond donors (Lipinski definition) is 2. The predicted octanol–water partition coefficient (Wildman–Crippen LogP) is 6.57. The molecule has 5 heterocycles. The van der Waals surface area contributed by atoms with Crippen LogP contribution in [0, 0.1) is 11.9 Å². The number of fused-ring (bicyclic) bond motifs is 6.